The molecule has 0 aliphatic heterocycles. The average Bonchev–Trinajstić information content (AvgIpc) is 2.51. The van der Waals surface area contributed by atoms with Gasteiger partial charge in [-0.1, -0.05) is 6.92 Å². The summed E-state index contributed by atoms with van der Waals surface area (Å²) in [6.07, 6.45) is 6.58. The van der Waals surface area contributed by atoms with E-state index < -0.39 is 0 Å². The topological polar surface area (TPSA) is 43.8 Å². The van der Waals surface area contributed by atoms with E-state index in [4.69, 9.17) is 5.73 Å². The third kappa shape index (κ3) is 1.48. The Labute approximate surface area is 78.9 Å². The van der Waals surface area contributed by atoms with E-state index in [2.05, 4.69) is 16.7 Å². The van der Waals surface area contributed by atoms with E-state index in [-0.39, 0.29) is 6.04 Å². The minimum atomic E-state index is 0.231. The summed E-state index contributed by atoms with van der Waals surface area (Å²) in [7, 11) is 0. The molecule has 2 rings (SSSR count). The smallest absolute Gasteiger partial charge is 0.0540 e. The zero-order chi connectivity index (χ0) is 9.26. The van der Waals surface area contributed by atoms with E-state index in [1.54, 1.807) is 0 Å². The van der Waals surface area contributed by atoms with Crippen molar-refractivity contribution >= 4 is 0 Å². The molecule has 13 heavy (non-hydrogen) atoms. The lowest BCUT2D eigenvalue weighted by Gasteiger charge is -2.19. The van der Waals surface area contributed by atoms with E-state index in [9.17, 15) is 0 Å². The molecular formula is C10H17N3. The third-order valence-electron chi connectivity index (χ3n) is 2.74. The highest BCUT2D eigenvalue weighted by Gasteiger charge is 2.20. The van der Waals surface area contributed by atoms with E-state index in [1.807, 2.05) is 6.20 Å². The van der Waals surface area contributed by atoms with Crippen molar-refractivity contribution in [3.05, 3.63) is 17.5 Å². The van der Waals surface area contributed by atoms with E-state index in [0.717, 1.165) is 25.8 Å². The summed E-state index contributed by atoms with van der Waals surface area (Å²) in [4.78, 5) is 0. The highest BCUT2D eigenvalue weighted by Crippen LogP contribution is 2.27. The van der Waals surface area contributed by atoms with Gasteiger partial charge in [0, 0.05) is 23.8 Å². The number of nitrogens with two attached hydrogens (primary N) is 1. The van der Waals surface area contributed by atoms with Crippen molar-refractivity contribution in [1.29, 1.82) is 0 Å². The molecule has 0 spiro atoms. The third-order valence-corrected chi connectivity index (χ3v) is 2.74. The Morgan fingerprint density at radius 2 is 2.54 bits per heavy atom. The molecule has 3 heteroatoms. The highest BCUT2D eigenvalue weighted by molar-refractivity contribution is 5.24. The summed E-state index contributed by atoms with van der Waals surface area (Å²) in [5.41, 5.74) is 8.66. The second-order valence-electron chi connectivity index (χ2n) is 3.77. The molecule has 1 aliphatic carbocycles. The van der Waals surface area contributed by atoms with Gasteiger partial charge in [-0.2, -0.15) is 5.10 Å². The first kappa shape index (κ1) is 8.75. The molecule has 0 amide bonds. The Bertz CT molecular complexity index is 290. The van der Waals surface area contributed by atoms with Crippen LogP contribution in [0.3, 0.4) is 0 Å². The van der Waals surface area contributed by atoms with E-state index in [0.29, 0.717) is 0 Å². The van der Waals surface area contributed by atoms with Gasteiger partial charge < -0.3 is 5.73 Å². The second-order valence-corrected chi connectivity index (χ2v) is 3.77. The number of hydrogen-bond acceptors (Lipinski definition) is 2. The van der Waals surface area contributed by atoms with Crippen LogP contribution in [0.4, 0.5) is 0 Å². The molecular weight excluding hydrogens is 162 g/mol. The van der Waals surface area contributed by atoms with Crippen LogP contribution in [0.1, 0.15) is 43.5 Å². The maximum absolute atomic E-state index is 6.00. The Balaban J connectivity index is 2.30. The van der Waals surface area contributed by atoms with Gasteiger partial charge in [-0.3, -0.25) is 4.68 Å². The summed E-state index contributed by atoms with van der Waals surface area (Å²) in [5.74, 6) is 0. The first-order valence-corrected chi connectivity index (χ1v) is 5.13. The van der Waals surface area contributed by atoms with Crippen molar-refractivity contribution in [3.8, 4) is 0 Å². The summed E-state index contributed by atoms with van der Waals surface area (Å²) < 4.78 is 2.12. The maximum atomic E-state index is 6.00. The molecule has 72 valence electrons. The fraction of sp³-hybridized carbons (Fsp3) is 0.700. The summed E-state index contributed by atoms with van der Waals surface area (Å²) in [6, 6.07) is 0.231. The summed E-state index contributed by atoms with van der Waals surface area (Å²) in [6.45, 7) is 3.21. The number of aryl methyl sites for hydroxylation is 1. The minimum absolute atomic E-state index is 0.231. The fourth-order valence-corrected chi connectivity index (χ4v) is 2.06. The normalized spacial score (nSPS) is 21.5. The van der Waals surface area contributed by atoms with Gasteiger partial charge in [-0.15, -0.1) is 0 Å². The van der Waals surface area contributed by atoms with Crippen molar-refractivity contribution in [1.82, 2.24) is 9.78 Å². The van der Waals surface area contributed by atoms with Crippen molar-refractivity contribution in [3.63, 3.8) is 0 Å². The number of fused-ring (bicyclic) bond motifs is 1. The first-order valence-electron chi connectivity index (χ1n) is 5.13. The molecule has 3 nitrogen and oxygen atoms in total. The SMILES string of the molecule is CCCn1ncc2c1CCCC2N. The van der Waals surface area contributed by atoms with Crippen LogP contribution in [0.2, 0.25) is 0 Å². The van der Waals surface area contributed by atoms with Crippen LogP contribution in [0.25, 0.3) is 0 Å². The monoisotopic (exact) mass is 179 g/mol. The van der Waals surface area contributed by atoms with Crippen LogP contribution in [0.5, 0.6) is 0 Å². The quantitative estimate of drug-likeness (QED) is 0.750. The van der Waals surface area contributed by atoms with Gasteiger partial charge in [0.2, 0.25) is 0 Å². The molecule has 1 aromatic heterocycles. The van der Waals surface area contributed by atoms with Gasteiger partial charge in [0.15, 0.2) is 0 Å². The lowest BCUT2D eigenvalue weighted by atomic mass is 9.94. The van der Waals surface area contributed by atoms with E-state index in [1.165, 1.54) is 17.7 Å². The Morgan fingerprint density at radius 3 is 3.31 bits per heavy atom. The van der Waals surface area contributed by atoms with Crippen LogP contribution in [-0.4, -0.2) is 9.78 Å². The van der Waals surface area contributed by atoms with Gasteiger partial charge in [0.1, 0.15) is 0 Å². The molecule has 2 N–H and O–H groups in total. The number of rotatable bonds is 2. The van der Waals surface area contributed by atoms with Gasteiger partial charge in [-0.05, 0) is 25.7 Å². The largest absolute Gasteiger partial charge is 0.324 e. The molecule has 0 saturated heterocycles. The van der Waals surface area contributed by atoms with Crippen LogP contribution >= 0.6 is 0 Å². The van der Waals surface area contributed by atoms with Gasteiger partial charge in [-0.25, -0.2) is 0 Å². The standard InChI is InChI=1S/C10H17N3/c1-2-6-13-10-5-3-4-9(11)8(10)7-12-13/h7,9H,2-6,11H2,1H3. The second kappa shape index (κ2) is 3.50. The molecule has 1 aliphatic rings. The van der Waals surface area contributed by atoms with Crippen LogP contribution in [-0.2, 0) is 13.0 Å². The molecule has 0 radical (unpaired) electrons. The first-order chi connectivity index (χ1) is 6.33. The molecule has 0 saturated carbocycles. The van der Waals surface area contributed by atoms with Crippen molar-refractivity contribution in [2.24, 2.45) is 5.73 Å². The highest BCUT2D eigenvalue weighted by atomic mass is 15.3. The Hall–Kier alpha value is -0.830. The summed E-state index contributed by atoms with van der Waals surface area (Å²) in [5, 5.41) is 4.37. The molecule has 0 aromatic carbocycles. The molecule has 1 unspecified atom stereocenters. The predicted octanol–water partition coefficient (Wildman–Crippen LogP) is 1.63. The van der Waals surface area contributed by atoms with Crippen molar-refractivity contribution < 1.29 is 0 Å². The van der Waals surface area contributed by atoms with Gasteiger partial charge in [0.25, 0.3) is 0 Å². The van der Waals surface area contributed by atoms with Crippen molar-refractivity contribution in [2.75, 3.05) is 0 Å². The van der Waals surface area contributed by atoms with Gasteiger partial charge in [0.05, 0.1) is 6.20 Å². The zero-order valence-electron chi connectivity index (χ0n) is 8.16. The Kier molecular flexibility index (Phi) is 2.36. The molecule has 0 bridgehead atoms. The molecule has 0 fully saturated rings. The maximum Gasteiger partial charge on any atom is 0.0540 e. The minimum Gasteiger partial charge on any atom is -0.324 e. The molecule has 1 atom stereocenters. The average molecular weight is 179 g/mol. The molecule has 1 aromatic rings. The predicted molar refractivity (Wildman–Crippen MR) is 52.4 cm³/mol. The van der Waals surface area contributed by atoms with E-state index >= 15 is 0 Å². The van der Waals surface area contributed by atoms with Crippen LogP contribution in [0.15, 0.2) is 6.20 Å². The fourth-order valence-electron chi connectivity index (χ4n) is 2.06. The Morgan fingerprint density at radius 1 is 1.69 bits per heavy atom. The van der Waals surface area contributed by atoms with Gasteiger partial charge >= 0.3 is 0 Å². The van der Waals surface area contributed by atoms with Crippen LogP contribution < -0.4 is 5.73 Å². The zero-order valence-corrected chi connectivity index (χ0v) is 8.16. The number of aromatic nitrogens is 2. The van der Waals surface area contributed by atoms with Crippen LogP contribution in [0, 0.1) is 0 Å². The lowest BCUT2D eigenvalue weighted by Crippen LogP contribution is -2.18. The number of hydrogen-bond donors (Lipinski definition) is 1. The lowest BCUT2D eigenvalue weighted by molar-refractivity contribution is 0.517. The summed E-state index contributed by atoms with van der Waals surface area (Å²) >= 11 is 0. The molecule has 1 heterocycles. The van der Waals surface area contributed by atoms with Crippen molar-refractivity contribution in [2.45, 2.75) is 45.2 Å². The number of nitrogens with zero attached hydrogens (tertiary/aromatic N) is 2.